The number of ether oxygens (including phenoxy) is 1. The molecule has 0 heterocycles. The largest absolute Gasteiger partial charge is 0.467 e. The SMILES string of the molecule is COC(=O)C(C)(N(C=O)Oc1ccccc1)[PH](=O)OC. The van der Waals surface area contributed by atoms with E-state index < -0.39 is 19.3 Å². The van der Waals surface area contributed by atoms with E-state index in [-0.39, 0.29) is 6.41 Å². The third-order valence-corrected chi connectivity index (χ3v) is 4.24. The van der Waals surface area contributed by atoms with Crippen LogP contribution in [0.2, 0.25) is 0 Å². The van der Waals surface area contributed by atoms with Crippen molar-refractivity contribution in [3.8, 4) is 5.75 Å². The first-order valence-corrected chi connectivity index (χ1v) is 6.96. The average molecular weight is 301 g/mol. The fourth-order valence-electron chi connectivity index (χ4n) is 1.47. The van der Waals surface area contributed by atoms with Crippen LogP contribution in [0.3, 0.4) is 0 Å². The molecule has 2 unspecified atom stereocenters. The van der Waals surface area contributed by atoms with Gasteiger partial charge in [-0.1, -0.05) is 18.2 Å². The number of amides is 1. The smallest absolute Gasteiger partial charge is 0.345 e. The van der Waals surface area contributed by atoms with Crippen LogP contribution in [0.1, 0.15) is 6.92 Å². The molecule has 0 aliphatic rings. The summed E-state index contributed by atoms with van der Waals surface area (Å²) in [5, 5.41) is -1.22. The number of para-hydroxylation sites is 1. The van der Waals surface area contributed by atoms with Crippen molar-refractivity contribution in [2.45, 2.75) is 12.2 Å². The molecule has 0 bridgehead atoms. The van der Waals surface area contributed by atoms with E-state index >= 15 is 0 Å². The molecular formula is C12H16NO6P. The lowest BCUT2D eigenvalue weighted by molar-refractivity contribution is -0.174. The molecule has 20 heavy (non-hydrogen) atoms. The predicted octanol–water partition coefficient (Wildman–Crippen LogP) is 1.45. The molecule has 0 fully saturated rings. The minimum Gasteiger partial charge on any atom is -0.467 e. The highest BCUT2D eigenvalue weighted by Crippen LogP contribution is 2.42. The van der Waals surface area contributed by atoms with E-state index in [0.29, 0.717) is 10.8 Å². The number of carbonyl (C=O) groups excluding carboxylic acids is 2. The van der Waals surface area contributed by atoms with E-state index in [1.54, 1.807) is 30.3 Å². The van der Waals surface area contributed by atoms with Crippen molar-refractivity contribution in [2.75, 3.05) is 14.2 Å². The lowest BCUT2D eigenvalue weighted by Crippen LogP contribution is -2.51. The molecule has 1 amide bonds. The standard InChI is InChI=1S/C12H16NO6P/c1-12(11(15)17-2,20(16)18-3)13(9-14)19-10-7-5-4-6-8-10/h4-9,20H,1-3H3. The van der Waals surface area contributed by atoms with Gasteiger partial charge >= 0.3 is 5.97 Å². The van der Waals surface area contributed by atoms with Gasteiger partial charge in [0.1, 0.15) is 0 Å². The first kappa shape index (κ1) is 16.2. The molecule has 0 radical (unpaired) electrons. The number of methoxy groups -OCH3 is 1. The Morgan fingerprint density at radius 1 is 1.30 bits per heavy atom. The van der Waals surface area contributed by atoms with Crippen molar-refractivity contribution >= 4 is 20.4 Å². The van der Waals surface area contributed by atoms with E-state index in [9.17, 15) is 14.2 Å². The maximum Gasteiger partial charge on any atom is 0.345 e. The second kappa shape index (κ2) is 7.07. The number of hydroxylamine groups is 2. The summed E-state index contributed by atoms with van der Waals surface area (Å²) in [4.78, 5) is 28.4. The van der Waals surface area contributed by atoms with Crippen LogP contribution >= 0.6 is 8.03 Å². The maximum atomic E-state index is 12.0. The normalized spacial score (nSPS) is 14.8. The number of nitrogens with zero attached hydrogens (tertiary/aromatic N) is 1. The van der Waals surface area contributed by atoms with Crippen molar-refractivity contribution in [3.63, 3.8) is 0 Å². The van der Waals surface area contributed by atoms with Gasteiger partial charge in [-0.3, -0.25) is 9.36 Å². The van der Waals surface area contributed by atoms with Gasteiger partial charge in [-0.05, 0) is 19.1 Å². The summed E-state index contributed by atoms with van der Waals surface area (Å²) in [6.07, 6.45) is 0.255. The number of hydrogen-bond acceptors (Lipinski definition) is 6. The summed E-state index contributed by atoms with van der Waals surface area (Å²) in [7, 11) is -0.665. The molecule has 0 spiro atoms. The maximum absolute atomic E-state index is 12.0. The molecule has 0 saturated carbocycles. The Bertz CT molecular complexity index is 476. The van der Waals surface area contributed by atoms with Gasteiger partial charge in [-0.15, -0.1) is 0 Å². The monoisotopic (exact) mass is 301 g/mol. The molecule has 110 valence electrons. The Morgan fingerprint density at radius 2 is 1.90 bits per heavy atom. The first-order chi connectivity index (χ1) is 9.50. The number of benzene rings is 1. The van der Waals surface area contributed by atoms with Gasteiger partial charge in [-0.25, -0.2) is 4.79 Å². The quantitative estimate of drug-likeness (QED) is 0.328. The number of carbonyl (C=O) groups is 2. The van der Waals surface area contributed by atoms with E-state index in [4.69, 9.17) is 9.36 Å². The van der Waals surface area contributed by atoms with E-state index in [0.717, 1.165) is 7.11 Å². The molecule has 1 aromatic carbocycles. The van der Waals surface area contributed by atoms with Crippen LogP contribution in [0.4, 0.5) is 0 Å². The predicted molar refractivity (Wildman–Crippen MR) is 71.4 cm³/mol. The number of esters is 1. The van der Waals surface area contributed by atoms with Crippen LogP contribution in [0.15, 0.2) is 30.3 Å². The summed E-state index contributed by atoms with van der Waals surface area (Å²) in [6.45, 7) is 1.25. The highest BCUT2D eigenvalue weighted by molar-refractivity contribution is 7.42. The van der Waals surface area contributed by atoms with Crippen LogP contribution in [0, 0.1) is 0 Å². The van der Waals surface area contributed by atoms with E-state index in [1.165, 1.54) is 14.0 Å². The minimum atomic E-state index is -2.96. The summed E-state index contributed by atoms with van der Waals surface area (Å²) in [5.41, 5.74) is 0. The molecule has 0 aliphatic carbocycles. The highest BCUT2D eigenvalue weighted by Gasteiger charge is 2.49. The van der Waals surface area contributed by atoms with E-state index in [2.05, 4.69) is 4.74 Å². The summed E-state index contributed by atoms with van der Waals surface area (Å²) < 4.78 is 21.3. The van der Waals surface area contributed by atoms with Crippen LogP contribution in [-0.2, 0) is 23.4 Å². The van der Waals surface area contributed by atoms with Gasteiger partial charge in [0.25, 0.3) is 0 Å². The average Bonchev–Trinajstić information content (AvgIpc) is 2.51. The number of rotatable bonds is 7. The topological polar surface area (TPSA) is 82.1 Å². The second-order valence-corrected chi connectivity index (χ2v) is 5.85. The van der Waals surface area contributed by atoms with Crippen molar-refractivity contribution in [1.29, 1.82) is 0 Å². The molecule has 1 rings (SSSR count). The first-order valence-electron chi connectivity index (χ1n) is 5.65. The summed E-state index contributed by atoms with van der Waals surface area (Å²) in [6, 6.07) is 8.30. The Balaban J connectivity index is 3.12. The third-order valence-electron chi connectivity index (χ3n) is 2.65. The molecule has 8 heteroatoms. The zero-order valence-corrected chi connectivity index (χ0v) is 12.4. The van der Waals surface area contributed by atoms with Crippen molar-refractivity contribution in [1.82, 2.24) is 5.06 Å². The summed E-state index contributed by atoms with van der Waals surface area (Å²) >= 11 is 0. The van der Waals surface area contributed by atoms with Gasteiger partial charge in [0.2, 0.25) is 19.7 Å². The summed E-state index contributed by atoms with van der Waals surface area (Å²) in [5.74, 6) is -0.591. The molecular weight excluding hydrogens is 285 g/mol. The molecule has 2 atom stereocenters. The second-order valence-electron chi connectivity index (χ2n) is 3.89. The molecule has 1 aromatic rings. The third kappa shape index (κ3) is 3.18. The van der Waals surface area contributed by atoms with Crippen molar-refractivity contribution < 1.29 is 28.3 Å². The van der Waals surface area contributed by atoms with Crippen LogP contribution in [0.25, 0.3) is 0 Å². The molecule has 0 N–H and O–H groups in total. The van der Waals surface area contributed by atoms with Gasteiger partial charge < -0.3 is 14.1 Å². The Morgan fingerprint density at radius 3 is 2.35 bits per heavy atom. The lowest BCUT2D eigenvalue weighted by atomic mass is 10.3. The Hall–Kier alpha value is -1.85. The number of hydrogen-bond donors (Lipinski definition) is 0. The van der Waals surface area contributed by atoms with Gasteiger partial charge in [0.15, 0.2) is 5.75 Å². The van der Waals surface area contributed by atoms with Gasteiger partial charge in [0, 0.05) is 7.11 Å². The molecule has 0 saturated heterocycles. The van der Waals surface area contributed by atoms with Crippen LogP contribution in [0.5, 0.6) is 5.75 Å². The minimum absolute atomic E-state index is 0.255. The zero-order chi connectivity index (χ0) is 15.2. The van der Waals surface area contributed by atoms with Gasteiger partial charge in [0.05, 0.1) is 7.11 Å². The fraction of sp³-hybridized carbons (Fsp3) is 0.333. The molecule has 0 aromatic heterocycles. The lowest BCUT2D eigenvalue weighted by Gasteiger charge is -2.33. The Kier molecular flexibility index (Phi) is 5.73. The van der Waals surface area contributed by atoms with Crippen LogP contribution < -0.4 is 4.84 Å². The molecule has 0 aliphatic heterocycles. The zero-order valence-electron chi connectivity index (χ0n) is 11.4. The fourth-order valence-corrected chi connectivity index (χ4v) is 2.42. The van der Waals surface area contributed by atoms with Crippen LogP contribution in [-0.4, -0.2) is 36.9 Å². The Labute approximate surface area is 117 Å². The van der Waals surface area contributed by atoms with Crippen molar-refractivity contribution in [3.05, 3.63) is 30.3 Å². The van der Waals surface area contributed by atoms with Gasteiger partial charge in [-0.2, -0.15) is 5.06 Å². The van der Waals surface area contributed by atoms with E-state index in [1.807, 2.05) is 0 Å². The molecule has 7 nitrogen and oxygen atoms in total. The highest BCUT2D eigenvalue weighted by atomic mass is 31.1. The van der Waals surface area contributed by atoms with Crippen molar-refractivity contribution in [2.24, 2.45) is 0 Å².